The molecule has 0 heterocycles. The first-order valence-corrected chi connectivity index (χ1v) is 8.22. The summed E-state index contributed by atoms with van der Waals surface area (Å²) in [6.07, 6.45) is 2.26. The second-order valence-electron chi connectivity index (χ2n) is 4.89. The molecule has 1 amide bonds. The average molecular weight is 351 g/mol. The molecule has 0 fully saturated rings. The molecule has 1 rings (SSSR count). The van der Waals surface area contributed by atoms with Crippen LogP contribution < -0.4 is 11.1 Å². The Morgan fingerprint density at radius 2 is 2.00 bits per heavy atom. The van der Waals surface area contributed by atoms with E-state index in [0.717, 1.165) is 11.3 Å². The Morgan fingerprint density at radius 3 is 2.50 bits per heavy atom. The summed E-state index contributed by atoms with van der Waals surface area (Å²) >= 11 is 1.66. The molecule has 3 N–H and O–H groups in total. The zero-order valence-electron chi connectivity index (χ0n) is 13.0. The zero-order valence-corrected chi connectivity index (χ0v) is 14.7. The summed E-state index contributed by atoms with van der Waals surface area (Å²) in [7, 11) is 1.56. The van der Waals surface area contributed by atoms with Gasteiger partial charge in [-0.25, -0.2) is 4.39 Å². The fraction of sp³-hybridized carbons (Fsp3) is 0.533. The summed E-state index contributed by atoms with van der Waals surface area (Å²) in [6, 6.07) is 5.28. The van der Waals surface area contributed by atoms with Crippen molar-refractivity contribution >= 4 is 30.1 Å². The van der Waals surface area contributed by atoms with Gasteiger partial charge in [-0.1, -0.05) is 12.1 Å². The van der Waals surface area contributed by atoms with E-state index in [1.807, 2.05) is 13.2 Å². The highest BCUT2D eigenvalue weighted by molar-refractivity contribution is 7.98. The lowest BCUT2D eigenvalue weighted by atomic mass is 10.0. The lowest BCUT2D eigenvalue weighted by molar-refractivity contribution is -0.124. The number of benzene rings is 1. The fourth-order valence-electron chi connectivity index (χ4n) is 2.06. The van der Waals surface area contributed by atoms with E-state index in [9.17, 15) is 9.18 Å². The average Bonchev–Trinajstić information content (AvgIpc) is 2.47. The van der Waals surface area contributed by atoms with Crippen LogP contribution >= 0.6 is 24.2 Å². The summed E-state index contributed by atoms with van der Waals surface area (Å²) in [5, 5.41) is 2.86. The maximum atomic E-state index is 13.0. The van der Waals surface area contributed by atoms with Crippen LogP contribution in [0.25, 0.3) is 0 Å². The largest absolute Gasteiger partial charge is 0.375 e. The molecule has 0 radical (unpaired) electrons. The fourth-order valence-corrected chi connectivity index (χ4v) is 2.55. The topological polar surface area (TPSA) is 64.3 Å². The summed E-state index contributed by atoms with van der Waals surface area (Å²) in [5.74, 6) is 0.347. The van der Waals surface area contributed by atoms with Gasteiger partial charge in [0.15, 0.2) is 0 Å². The molecule has 0 saturated heterocycles. The standard InChI is InChI=1S/C15H23FN2O2S.ClH/c1-10(18-15(19)13(17)8-9-21-3)14(20-2)11-4-6-12(16)7-5-11;/h4-7,10,13-14H,8-9,17H2,1-3H3,(H,18,19);1H. The number of rotatable bonds is 8. The number of carbonyl (C=O) groups excluding carboxylic acids is 1. The monoisotopic (exact) mass is 350 g/mol. The first-order chi connectivity index (χ1) is 9.99. The number of ether oxygens (including phenoxy) is 1. The molecule has 0 aliphatic carbocycles. The minimum atomic E-state index is -0.523. The van der Waals surface area contributed by atoms with Crippen molar-refractivity contribution in [3.8, 4) is 0 Å². The van der Waals surface area contributed by atoms with Crippen LogP contribution in [0.15, 0.2) is 24.3 Å². The lowest BCUT2D eigenvalue weighted by Gasteiger charge is -2.25. The molecular formula is C15H24ClFN2O2S. The van der Waals surface area contributed by atoms with Crippen LogP contribution in [0.1, 0.15) is 25.0 Å². The number of carbonyl (C=O) groups is 1. The quantitative estimate of drug-likeness (QED) is 0.756. The summed E-state index contributed by atoms with van der Waals surface area (Å²) in [6.45, 7) is 1.84. The van der Waals surface area contributed by atoms with Crippen molar-refractivity contribution in [3.05, 3.63) is 35.6 Å². The number of amides is 1. The smallest absolute Gasteiger partial charge is 0.237 e. The Hall–Kier alpha value is -0.820. The van der Waals surface area contributed by atoms with Crippen LogP contribution in [0.4, 0.5) is 4.39 Å². The predicted octanol–water partition coefficient (Wildman–Crippen LogP) is 2.52. The van der Waals surface area contributed by atoms with Gasteiger partial charge in [0, 0.05) is 7.11 Å². The number of halogens is 2. The van der Waals surface area contributed by atoms with E-state index in [0.29, 0.717) is 6.42 Å². The molecule has 22 heavy (non-hydrogen) atoms. The minimum Gasteiger partial charge on any atom is -0.375 e. The first kappa shape index (κ1) is 21.2. The van der Waals surface area contributed by atoms with E-state index in [4.69, 9.17) is 10.5 Å². The van der Waals surface area contributed by atoms with Gasteiger partial charge >= 0.3 is 0 Å². The zero-order chi connectivity index (χ0) is 15.8. The number of hydrogen-bond donors (Lipinski definition) is 2. The number of methoxy groups -OCH3 is 1. The van der Waals surface area contributed by atoms with Gasteiger partial charge in [0.25, 0.3) is 0 Å². The Morgan fingerprint density at radius 1 is 1.41 bits per heavy atom. The van der Waals surface area contributed by atoms with Crippen molar-refractivity contribution < 1.29 is 13.9 Å². The molecule has 1 aromatic rings. The second kappa shape index (κ2) is 10.8. The molecule has 0 aliphatic rings. The first-order valence-electron chi connectivity index (χ1n) is 6.82. The van der Waals surface area contributed by atoms with Crippen LogP contribution in [-0.2, 0) is 9.53 Å². The maximum Gasteiger partial charge on any atom is 0.237 e. The highest BCUT2D eigenvalue weighted by Crippen LogP contribution is 2.21. The highest BCUT2D eigenvalue weighted by atomic mass is 35.5. The highest BCUT2D eigenvalue weighted by Gasteiger charge is 2.23. The lowest BCUT2D eigenvalue weighted by Crippen LogP contribution is -2.46. The van der Waals surface area contributed by atoms with Crippen molar-refractivity contribution in [2.75, 3.05) is 19.1 Å². The van der Waals surface area contributed by atoms with Gasteiger partial charge < -0.3 is 15.8 Å². The van der Waals surface area contributed by atoms with Gasteiger partial charge in [-0.3, -0.25) is 4.79 Å². The Bertz CT molecular complexity index is 448. The molecular weight excluding hydrogens is 327 g/mol. The summed E-state index contributed by atoms with van der Waals surface area (Å²) in [4.78, 5) is 12.0. The minimum absolute atomic E-state index is 0. The van der Waals surface area contributed by atoms with Crippen LogP contribution in [-0.4, -0.2) is 37.1 Å². The van der Waals surface area contributed by atoms with Crippen molar-refractivity contribution in [2.24, 2.45) is 5.73 Å². The number of hydrogen-bond acceptors (Lipinski definition) is 4. The van der Waals surface area contributed by atoms with Crippen LogP contribution in [0.3, 0.4) is 0 Å². The van der Waals surface area contributed by atoms with Gasteiger partial charge in [-0.2, -0.15) is 11.8 Å². The van der Waals surface area contributed by atoms with Crippen molar-refractivity contribution in [2.45, 2.75) is 31.5 Å². The SMILES string of the molecule is COC(c1ccc(F)cc1)C(C)NC(=O)C(N)CCSC.Cl. The Balaban J connectivity index is 0.00000441. The van der Waals surface area contributed by atoms with Gasteiger partial charge in [0.1, 0.15) is 11.9 Å². The van der Waals surface area contributed by atoms with Gasteiger partial charge in [-0.15, -0.1) is 12.4 Å². The molecule has 0 spiro atoms. The van der Waals surface area contributed by atoms with E-state index in [1.54, 1.807) is 31.0 Å². The number of nitrogens with one attached hydrogen (secondary N) is 1. The Kier molecular flexibility index (Phi) is 10.4. The van der Waals surface area contributed by atoms with Crippen molar-refractivity contribution in [1.82, 2.24) is 5.32 Å². The second-order valence-corrected chi connectivity index (χ2v) is 5.88. The maximum absolute atomic E-state index is 13.0. The number of nitrogens with two attached hydrogens (primary N) is 1. The Labute approximate surface area is 141 Å². The molecule has 0 aliphatic heterocycles. The third-order valence-electron chi connectivity index (χ3n) is 3.25. The van der Waals surface area contributed by atoms with E-state index in [-0.39, 0.29) is 36.3 Å². The van der Waals surface area contributed by atoms with Crippen molar-refractivity contribution in [1.29, 1.82) is 0 Å². The van der Waals surface area contributed by atoms with Crippen LogP contribution in [0.2, 0.25) is 0 Å². The van der Waals surface area contributed by atoms with Gasteiger partial charge in [0.2, 0.25) is 5.91 Å². The van der Waals surface area contributed by atoms with E-state index in [2.05, 4.69) is 5.32 Å². The molecule has 1 aromatic carbocycles. The molecule has 3 unspecified atom stereocenters. The number of thioether (sulfide) groups is 1. The van der Waals surface area contributed by atoms with E-state index < -0.39 is 6.04 Å². The molecule has 7 heteroatoms. The van der Waals surface area contributed by atoms with Crippen molar-refractivity contribution in [3.63, 3.8) is 0 Å². The van der Waals surface area contributed by atoms with E-state index >= 15 is 0 Å². The third-order valence-corrected chi connectivity index (χ3v) is 3.89. The molecule has 0 bridgehead atoms. The molecule has 4 nitrogen and oxygen atoms in total. The molecule has 126 valence electrons. The third kappa shape index (κ3) is 6.52. The summed E-state index contributed by atoms with van der Waals surface area (Å²) in [5.41, 5.74) is 6.65. The molecule has 0 saturated carbocycles. The molecule has 0 aromatic heterocycles. The normalized spacial score (nSPS) is 14.6. The van der Waals surface area contributed by atoms with Crippen LogP contribution in [0, 0.1) is 5.82 Å². The molecule has 3 atom stereocenters. The van der Waals surface area contributed by atoms with Gasteiger partial charge in [-0.05, 0) is 43.0 Å². The predicted molar refractivity (Wildman–Crippen MR) is 92.0 cm³/mol. The van der Waals surface area contributed by atoms with Gasteiger partial charge in [0.05, 0.1) is 12.1 Å². The van der Waals surface area contributed by atoms with Crippen LogP contribution in [0.5, 0.6) is 0 Å². The van der Waals surface area contributed by atoms with E-state index in [1.165, 1.54) is 12.1 Å². The summed E-state index contributed by atoms with van der Waals surface area (Å²) < 4.78 is 18.4.